The Kier molecular flexibility index (Phi) is 7.77. The van der Waals surface area contributed by atoms with E-state index in [1.54, 1.807) is 33.5 Å². The summed E-state index contributed by atoms with van der Waals surface area (Å²) in [4.78, 5) is 42.6. The summed E-state index contributed by atoms with van der Waals surface area (Å²) in [5.74, 6) is -0.183. The molecule has 1 fully saturated rings. The lowest BCUT2D eigenvalue weighted by Gasteiger charge is -2.38. The number of benzene rings is 1. The second kappa shape index (κ2) is 11.2. The van der Waals surface area contributed by atoms with Gasteiger partial charge in [-0.15, -0.1) is 11.3 Å². The smallest absolute Gasteiger partial charge is 0.395 e. The van der Waals surface area contributed by atoms with Gasteiger partial charge in [0.2, 0.25) is 11.9 Å². The van der Waals surface area contributed by atoms with Crippen LogP contribution in [0.3, 0.4) is 0 Å². The third kappa shape index (κ3) is 6.02. The number of amides is 2. The zero-order valence-electron chi connectivity index (χ0n) is 20.8. The second-order valence-corrected chi connectivity index (χ2v) is 10.2. The van der Waals surface area contributed by atoms with Crippen molar-refractivity contribution in [2.45, 2.75) is 25.1 Å². The number of hydrogen-bond acceptors (Lipinski definition) is 9. The van der Waals surface area contributed by atoms with Crippen LogP contribution in [0.15, 0.2) is 42.2 Å². The molecule has 2 amide bonds. The van der Waals surface area contributed by atoms with Crippen molar-refractivity contribution in [3.8, 4) is 0 Å². The molecule has 0 aliphatic carbocycles. The van der Waals surface area contributed by atoms with E-state index in [0.29, 0.717) is 49.8 Å². The van der Waals surface area contributed by atoms with E-state index in [4.69, 9.17) is 0 Å². The van der Waals surface area contributed by atoms with Crippen molar-refractivity contribution < 1.29 is 27.9 Å². The van der Waals surface area contributed by atoms with Gasteiger partial charge >= 0.3 is 6.18 Å². The number of halogens is 3. The standard InChI is InChI=1S/C25H26F3N7O3S/c26-25(27,28)17-13-30-24(31-14-17)35-5-3-16-11-18(1-2-20(16)35)32-21(37)12-19(15-36)33-6-8-34(9-7-33)23(38)22-29-4-10-39-22/h1-2,4,10-11,13-14,19,36H,3,5-9,12,15H2,(H,32,37). The minimum absolute atomic E-state index is 0.0829. The van der Waals surface area contributed by atoms with Crippen molar-refractivity contribution in [1.82, 2.24) is 24.8 Å². The van der Waals surface area contributed by atoms with E-state index in [9.17, 15) is 27.9 Å². The Labute approximate surface area is 226 Å². The lowest BCUT2D eigenvalue weighted by atomic mass is 10.1. The van der Waals surface area contributed by atoms with Crippen LogP contribution >= 0.6 is 11.3 Å². The van der Waals surface area contributed by atoms with E-state index in [2.05, 4.69) is 20.3 Å². The van der Waals surface area contributed by atoms with Gasteiger partial charge in [-0.1, -0.05) is 0 Å². The summed E-state index contributed by atoms with van der Waals surface area (Å²) in [5.41, 5.74) is 1.36. The molecular weight excluding hydrogens is 535 g/mol. The van der Waals surface area contributed by atoms with Crippen molar-refractivity contribution in [3.05, 3.63) is 58.3 Å². The molecular formula is C25H26F3N7O3S. The lowest BCUT2D eigenvalue weighted by Crippen LogP contribution is -2.53. The number of aromatic nitrogens is 3. The van der Waals surface area contributed by atoms with Crippen LogP contribution in [0.25, 0.3) is 0 Å². The van der Waals surface area contributed by atoms with Crippen LogP contribution in [-0.4, -0.2) is 87.0 Å². The molecule has 3 aromatic rings. The molecule has 2 aromatic heterocycles. The fourth-order valence-electron chi connectivity index (χ4n) is 4.78. The number of rotatable bonds is 7. The predicted molar refractivity (Wildman–Crippen MR) is 138 cm³/mol. The van der Waals surface area contributed by atoms with Crippen molar-refractivity contribution >= 4 is 40.5 Å². The van der Waals surface area contributed by atoms with Crippen LogP contribution in [0.4, 0.5) is 30.5 Å². The van der Waals surface area contributed by atoms with Crippen molar-refractivity contribution in [1.29, 1.82) is 0 Å². The Morgan fingerprint density at radius 3 is 2.46 bits per heavy atom. The van der Waals surface area contributed by atoms with Gasteiger partial charge in [0, 0.05) is 80.5 Å². The molecule has 206 valence electrons. The predicted octanol–water partition coefficient (Wildman–Crippen LogP) is 2.79. The molecule has 14 heteroatoms. The Morgan fingerprint density at radius 1 is 1.08 bits per heavy atom. The number of aliphatic hydroxyl groups excluding tert-OH is 1. The van der Waals surface area contributed by atoms with E-state index in [-0.39, 0.29) is 36.8 Å². The number of piperazine rings is 1. The van der Waals surface area contributed by atoms with Crippen LogP contribution in [-0.2, 0) is 17.4 Å². The fraction of sp³-hybridized carbons (Fsp3) is 0.400. The molecule has 1 atom stereocenters. The number of carbonyl (C=O) groups excluding carboxylic acids is 2. The molecule has 2 N–H and O–H groups in total. The number of fused-ring (bicyclic) bond motifs is 1. The summed E-state index contributed by atoms with van der Waals surface area (Å²) in [6.07, 6.45) is -0.666. The third-order valence-corrected chi connectivity index (χ3v) is 7.59. The Balaban J connectivity index is 1.16. The quantitative estimate of drug-likeness (QED) is 0.453. The van der Waals surface area contributed by atoms with Crippen LogP contribution < -0.4 is 10.2 Å². The first-order chi connectivity index (χ1) is 18.7. The normalized spacial score (nSPS) is 16.7. The van der Waals surface area contributed by atoms with Gasteiger partial charge in [-0.05, 0) is 30.2 Å². The molecule has 10 nitrogen and oxygen atoms in total. The molecule has 0 saturated carbocycles. The van der Waals surface area contributed by atoms with Crippen LogP contribution in [0.5, 0.6) is 0 Å². The minimum Gasteiger partial charge on any atom is -0.395 e. The zero-order chi connectivity index (χ0) is 27.6. The van der Waals surface area contributed by atoms with E-state index in [1.807, 2.05) is 11.0 Å². The van der Waals surface area contributed by atoms with Crippen molar-refractivity contribution in [2.75, 3.05) is 49.5 Å². The summed E-state index contributed by atoms with van der Waals surface area (Å²) >= 11 is 1.30. The van der Waals surface area contributed by atoms with Gasteiger partial charge in [0.15, 0.2) is 5.01 Å². The summed E-state index contributed by atoms with van der Waals surface area (Å²) < 4.78 is 38.5. The highest BCUT2D eigenvalue weighted by Gasteiger charge is 2.32. The molecule has 39 heavy (non-hydrogen) atoms. The highest BCUT2D eigenvalue weighted by atomic mass is 32.1. The first kappa shape index (κ1) is 27.0. The molecule has 5 rings (SSSR count). The Morgan fingerprint density at radius 2 is 1.82 bits per heavy atom. The number of carbonyl (C=O) groups is 2. The summed E-state index contributed by atoms with van der Waals surface area (Å²) in [7, 11) is 0. The molecule has 0 bridgehead atoms. The average molecular weight is 562 g/mol. The topological polar surface area (TPSA) is 115 Å². The number of nitrogens with one attached hydrogen (secondary N) is 1. The first-order valence-corrected chi connectivity index (χ1v) is 13.2. The van der Waals surface area contributed by atoms with E-state index < -0.39 is 11.7 Å². The summed E-state index contributed by atoms with van der Waals surface area (Å²) in [6.45, 7) is 2.36. The second-order valence-electron chi connectivity index (χ2n) is 9.27. The Bertz CT molecular complexity index is 1310. The number of anilines is 3. The lowest BCUT2D eigenvalue weighted by molar-refractivity contribution is -0.138. The van der Waals surface area contributed by atoms with Crippen LogP contribution in [0, 0.1) is 0 Å². The molecule has 1 aromatic carbocycles. The third-order valence-electron chi connectivity index (χ3n) is 6.83. The molecule has 2 aliphatic heterocycles. The maximum Gasteiger partial charge on any atom is 0.419 e. The van der Waals surface area contributed by atoms with Gasteiger partial charge in [0.25, 0.3) is 5.91 Å². The van der Waals surface area contributed by atoms with Gasteiger partial charge in [-0.2, -0.15) is 13.2 Å². The van der Waals surface area contributed by atoms with Gasteiger partial charge in [-0.25, -0.2) is 15.0 Å². The number of hydrogen-bond donors (Lipinski definition) is 2. The highest BCUT2D eigenvalue weighted by molar-refractivity contribution is 7.11. The van der Waals surface area contributed by atoms with Crippen LogP contribution in [0.1, 0.15) is 27.3 Å². The molecule has 1 unspecified atom stereocenters. The molecule has 2 aliphatic rings. The monoisotopic (exact) mass is 561 g/mol. The number of nitrogens with zero attached hydrogens (tertiary/aromatic N) is 6. The SMILES string of the molecule is O=C(CC(CO)N1CCN(C(=O)c2nccs2)CC1)Nc1ccc2c(c1)CCN2c1ncc(C(F)(F)F)cn1. The molecule has 0 spiro atoms. The molecule has 4 heterocycles. The van der Waals surface area contributed by atoms with E-state index >= 15 is 0 Å². The fourth-order valence-corrected chi connectivity index (χ4v) is 5.39. The maximum absolute atomic E-state index is 12.8. The minimum atomic E-state index is -4.50. The average Bonchev–Trinajstić information content (AvgIpc) is 3.61. The largest absolute Gasteiger partial charge is 0.419 e. The van der Waals surface area contributed by atoms with Gasteiger partial charge in [-0.3, -0.25) is 14.5 Å². The van der Waals surface area contributed by atoms with Crippen molar-refractivity contribution in [3.63, 3.8) is 0 Å². The zero-order valence-corrected chi connectivity index (χ0v) is 21.6. The van der Waals surface area contributed by atoms with E-state index in [1.165, 1.54) is 11.3 Å². The van der Waals surface area contributed by atoms with Gasteiger partial charge in [0.1, 0.15) is 0 Å². The van der Waals surface area contributed by atoms with Crippen LogP contribution in [0.2, 0.25) is 0 Å². The Hall–Kier alpha value is -3.62. The number of alkyl halides is 3. The molecule has 1 saturated heterocycles. The maximum atomic E-state index is 12.8. The van der Waals surface area contributed by atoms with Gasteiger partial charge < -0.3 is 20.2 Å². The number of thiazole rings is 1. The molecule has 0 radical (unpaired) electrons. The summed E-state index contributed by atoms with van der Waals surface area (Å²) in [6, 6.07) is 4.94. The van der Waals surface area contributed by atoms with Crippen molar-refractivity contribution in [2.24, 2.45) is 0 Å². The first-order valence-electron chi connectivity index (χ1n) is 12.4. The van der Waals surface area contributed by atoms with Gasteiger partial charge in [0.05, 0.1) is 12.2 Å². The summed E-state index contributed by atoms with van der Waals surface area (Å²) in [5, 5.41) is 15.0. The van der Waals surface area contributed by atoms with E-state index in [0.717, 1.165) is 23.6 Å². The number of aliphatic hydroxyl groups is 1. The highest BCUT2D eigenvalue weighted by Crippen LogP contribution is 2.35.